The maximum absolute atomic E-state index is 13.8. The number of carbonyl (C=O) groups is 5. The number of nitrogens with one attached hydrogen (secondary N) is 3. The van der Waals surface area contributed by atoms with Crippen LogP contribution in [0.2, 0.25) is 0 Å². The molecule has 0 saturated carbocycles. The van der Waals surface area contributed by atoms with E-state index in [0.29, 0.717) is 17.9 Å². The lowest BCUT2D eigenvalue weighted by Gasteiger charge is -2.23. The van der Waals surface area contributed by atoms with Crippen LogP contribution in [0.25, 0.3) is 10.8 Å². The van der Waals surface area contributed by atoms with E-state index in [2.05, 4.69) is 20.9 Å². The van der Waals surface area contributed by atoms with Gasteiger partial charge in [-0.15, -0.1) is 11.8 Å². The number of fused-ring (bicyclic) bond motifs is 3. The Morgan fingerprint density at radius 3 is 2.59 bits per heavy atom. The molecular formula is C34H36N4O6S2. The predicted octanol–water partition coefficient (Wildman–Crippen LogP) is 4.48. The number of cyclic esters (lactones) is 1. The van der Waals surface area contributed by atoms with E-state index in [1.807, 2.05) is 48.7 Å². The summed E-state index contributed by atoms with van der Waals surface area (Å²) in [5, 5.41) is 10.0. The number of hydrogen-bond acceptors (Lipinski definition) is 9. The van der Waals surface area contributed by atoms with Crippen molar-refractivity contribution in [2.45, 2.75) is 56.7 Å². The van der Waals surface area contributed by atoms with E-state index in [4.69, 9.17) is 4.74 Å². The van der Waals surface area contributed by atoms with Gasteiger partial charge in [0.2, 0.25) is 5.91 Å². The van der Waals surface area contributed by atoms with Gasteiger partial charge in [0.1, 0.15) is 23.5 Å². The standard InChI is InChI=1S/C34H36N4O6S2/c1-4-26-32(41)38-28(18-23-12-9-11-22-10-5-6-14-25(22)23)34(43)44-24(13-7-8-17-46-21(2)39)19-31(40)35-20-29-30(45-3)16-15-27(36-29)33(42)37-26/h4-7,9-16,24,28H,8,17-20H2,1-3H3,(H,35,40)(H,37,42)(H,38,41)/b13-7+,26-4+/t24-,28+/m1/s1. The number of pyridine rings is 1. The van der Waals surface area contributed by atoms with E-state index in [-0.39, 0.29) is 35.9 Å². The zero-order valence-corrected chi connectivity index (χ0v) is 27.5. The molecule has 2 heterocycles. The highest BCUT2D eigenvalue weighted by atomic mass is 32.2. The molecule has 0 spiro atoms. The molecule has 10 nitrogen and oxygen atoms in total. The maximum atomic E-state index is 13.8. The molecule has 4 rings (SSSR count). The van der Waals surface area contributed by atoms with E-state index < -0.39 is 35.8 Å². The van der Waals surface area contributed by atoms with Gasteiger partial charge in [0.15, 0.2) is 5.12 Å². The molecule has 0 unspecified atom stereocenters. The first-order valence-corrected chi connectivity index (χ1v) is 17.0. The summed E-state index contributed by atoms with van der Waals surface area (Å²) in [5.41, 5.74) is 1.29. The summed E-state index contributed by atoms with van der Waals surface area (Å²) in [6, 6.07) is 15.5. The van der Waals surface area contributed by atoms with Crippen LogP contribution in [0.1, 0.15) is 48.4 Å². The zero-order chi connectivity index (χ0) is 33.1. The van der Waals surface area contributed by atoms with Crippen molar-refractivity contribution in [2.75, 3.05) is 12.0 Å². The van der Waals surface area contributed by atoms with Crippen molar-refractivity contribution < 1.29 is 28.7 Å². The Bertz CT molecular complexity index is 1680. The number of hydrogen-bond donors (Lipinski definition) is 3. The number of amides is 3. The second-order valence-corrected chi connectivity index (χ2v) is 12.5. The van der Waals surface area contributed by atoms with Crippen molar-refractivity contribution in [3.63, 3.8) is 0 Å². The van der Waals surface area contributed by atoms with Crippen molar-refractivity contribution in [1.29, 1.82) is 0 Å². The normalized spacial score (nSPS) is 19.1. The fraction of sp³-hybridized carbons (Fsp3) is 0.294. The lowest BCUT2D eigenvalue weighted by Crippen LogP contribution is -2.47. The molecule has 0 aliphatic carbocycles. The predicted molar refractivity (Wildman–Crippen MR) is 180 cm³/mol. The molecule has 12 heteroatoms. The molecule has 1 aliphatic rings. The Morgan fingerprint density at radius 2 is 1.83 bits per heavy atom. The summed E-state index contributed by atoms with van der Waals surface area (Å²) in [6.07, 6.45) is 6.17. The van der Waals surface area contributed by atoms with E-state index in [1.165, 1.54) is 36.5 Å². The third kappa shape index (κ3) is 9.54. The van der Waals surface area contributed by atoms with Crippen molar-refractivity contribution in [1.82, 2.24) is 20.9 Å². The van der Waals surface area contributed by atoms with Crippen LogP contribution < -0.4 is 16.0 Å². The smallest absolute Gasteiger partial charge is 0.329 e. The number of rotatable bonds is 7. The maximum Gasteiger partial charge on any atom is 0.329 e. The molecule has 2 atom stereocenters. The third-order valence-electron chi connectivity index (χ3n) is 7.11. The van der Waals surface area contributed by atoms with Crippen molar-refractivity contribution in [2.24, 2.45) is 0 Å². The van der Waals surface area contributed by atoms with Gasteiger partial charge in [-0.3, -0.25) is 19.2 Å². The highest BCUT2D eigenvalue weighted by Gasteiger charge is 2.29. The van der Waals surface area contributed by atoms with Crippen LogP contribution in [0.15, 0.2) is 83.4 Å². The van der Waals surface area contributed by atoms with Gasteiger partial charge in [-0.1, -0.05) is 66.4 Å². The number of nitrogens with zero attached hydrogens (tertiary/aromatic N) is 1. The average molecular weight is 661 g/mol. The van der Waals surface area contributed by atoms with Crippen LogP contribution in [-0.4, -0.2) is 57.9 Å². The highest BCUT2D eigenvalue weighted by molar-refractivity contribution is 8.13. The topological polar surface area (TPSA) is 144 Å². The first-order chi connectivity index (χ1) is 22.2. The monoisotopic (exact) mass is 660 g/mol. The van der Waals surface area contributed by atoms with Gasteiger partial charge >= 0.3 is 5.97 Å². The molecule has 1 aromatic heterocycles. The summed E-state index contributed by atoms with van der Waals surface area (Å²) in [5.74, 6) is -1.90. The second kappa shape index (κ2) is 16.8. The van der Waals surface area contributed by atoms with Gasteiger partial charge in [0, 0.05) is 24.0 Å². The number of aromatic nitrogens is 1. The van der Waals surface area contributed by atoms with Crippen molar-refractivity contribution >= 4 is 63.1 Å². The number of benzene rings is 2. The molecule has 2 aromatic carbocycles. The highest BCUT2D eigenvalue weighted by Crippen LogP contribution is 2.22. The van der Waals surface area contributed by atoms with Gasteiger partial charge in [0.25, 0.3) is 11.8 Å². The van der Waals surface area contributed by atoms with Crippen LogP contribution >= 0.6 is 23.5 Å². The molecule has 3 amide bonds. The van der Waals surface area contributed by atoms with E-state index in [0.717, 1.165) is 21.2 Å². The number of ether oxygens (including phenoxy) is 1. The molecule has 0 radical (unpaired) electrons. The van der Waals surface area contributed by atoms with Crippen molar-refractivity contribution in [3.8, 4) is 0 Å². The van der Waals surface area contributed by atoms with Gasteiger partial charge in [0.05, 0.1) is 18.7 Å². The van der Waals surface area contributed by atoms with Crippen LogP contribution in [0.5, 0.6) is 0 Å². The number of thioether (sulfide) groups is 2. The molecule has 1 aliphatic heterocycles. The Kier molecular flexibility index (Phi) is 12.6. The SMILES string of the molecule is C/C=C1/NC(=O)c2ccc(SC)c(n2)CNC(=O)C[C@@H](/C=C/CCSC(C)=O)OC(=O)[C@H](Cc2cccc3ccccc23)NC1=O. The Hall–Kier alpha value is -4.42. The van der Waals surface area contributed by atoms with E-state index in [1.54, 1.807) is 31.2 Å². The van der Waals surface area contributed by atoms with Gasteiger partial charge < -0.3 is 20.7 Å². The summed E-state index contributed by atoms with van der Waals surface area (Å²) in [7, 11) is 0. The first kappa shape index (κ1) is 34.5. The Balaban J connectivity index is 1.70. The number of allylic oxidation sites excluding steroid dienone is 2. The second-order valence-electron chi connectivity index (χ2n) is 10.4. The fourth-order valence-corrected chi connectivity index (χ4v) is 5.93. The van der Waals surface area contributed by atoms with Crippen LogP contribution in [0.4, 0.5) is 0 Å². The zero-order valence-electron chi connectivity index (χ0n) is 25.8. The lowest BCUT2D eigenvalue weighted by molar-refractivity contribution is -0.151. The minimum atomic E-state index is -1.16. The summed E-state index contributed by atoms with van der Waals surface area (Å²) in [4.78, 5) is 70.1. The van der Waals surface area contributed by atoms with E-state index >= 15 is 0 Å². The first-order valence-electron chi connectivity index (χ1n) is 14.7. The summed E-state index contributed by atoms with van der Waals surface area (Å²) < 4.78 is 5.87. The third-order valence-corrected chi connectivity index (χ3v) is 8.77. The molecule has 46 heavy (non-hydrogen) atoms. The molecule has 240 valence electrons. The molecular weight excluding hydrogens is 625 g/mol. The minimum Gasteiger partial charge on any atom is -0.456 e. The molecule has 0 saturated heterocycles. The van der Waals surface area contributed by atoms with Crippen molar-refractivity contribution in [3.05, 3.63) is 95.5 Å². The number of esters is 1. The molecule has 3 N–H and O–H groups in total. The largest absolute Gasteiger partial charge is 0.456 e. The van der Waals surface area contributed by atoms with Gasteiger partial charge in [-0.25, -0.2) is 9.78 Å². The quantitative estimate of drug-likeness (QED) is 0.110. The molecule has 0 fully saturated rings. The number of carbonyl (C=O) groups excluding carboxylic acids is 5. The average Bonchev–Trinajstić information content (AvgIpc) is 3.04. The van der Waals surface area contributed by atoms with Crippen LogP contribution in [-0.2, 0) is 36.9 Å². The molecule has 3 aromatic rings. The van der Waals surface area contributed by atoms with E-state index in [9.17, 15) is 24.0 Å². The minimum absolute atomic E-state index is 0.00471. The van der Waals surface area contributed by atoms with Crippen LogP contribution in [0, 0.1) is 0 Å². The molecule has 2 bridgehead atoms. The Labute approximate surface area is 276 Å². The lowest BCUT2D eigenvalue weighted by atomic mass is 9.98. The Morgan fingerprint density at radius 1 is 1.04 bits per heavy atom. The summed E-state index contributed by atoms with van der Waals surface area (Å²) >= 11 is 2.59. The van der Waals surface area contributed by atoms with Gasteiger partial charge in [-0.05, 0) is 54.1 Å². The van der Waals surface area contributed by atoms with Gasteiger partial charge in [-0.2, -0.15) is 0 Å². The fourth-order valence-electron chi connectivity index (χ4n) is 4.83. The summed E-state index contributed by atoms with van der Waals surface area (Å²) in [6.45, 7) is 3.13. The van der Waals surface area contributed by atoms with Crippen LogP contribution in [0.3, 0.4) is 0 Å².